The molecule has 0 aliphatic carbocycles. The van der Waals surface area contributed by atoms with E-state index in [1.807, 2.05) is 0 Å². The Morgan fingerprint density at radius 1 is 1.47 bits per heavy atom. The average Bonchev–Trinajstić information content (AvgIpc) is 2.23. The van der Waals surface area contributed by atoms with Gasteiger partial charge >= 0.3 is 0 Å². The number of piperidine rings is 1. The molecule has 1 saturated heterocycles. The Labute approximate surface area is 103 Å². The highest BCUT2D eigenvalue weighted by molar-refractivity contribution is 9.09. The Bertz CT molecular complexity index is 330. The van der Waals surface area contributed by atoms with Gasteiger partial charge in [0.15, 0.2) is 0 Å². The topological polar surface area (TPSA) is 29.0 Å². The fourth-order valence-corrected chi connectivity index (χ4v) is 2.24. The third-order valence-corrected chi connectivity index (χ3v) is 4.25. The summed E-state index contributed by atoms with van der Waals surface area (Å²) in [6.45, 7) is 4.24. The van der Waals surface area contributed by atoms with Crippen LogP contribution in [0.25, 0.3) is 0 Å². The first-order chi connectivity index (χ1) is 7.16. The zero-order valence-corrected chi connectivity index (χ0v) is 10.9. The van der Waals surface area contributed by atoms with Crippen LogP contribution in [0.15, 0.2) is 12.4 Å². The molecule has 0 spiro atoms. The van der Waals surface area contributed by atoms with Crippen LogP contribution in [0.4, 0.5) is 5.95 Å². The molecule has 2 heterocycles. The minimum absolute atomic E-state index is 0.585. The zero-order valence-electron chi connectivity index (χ0n) is 8.53. The van der Waals surface area contributed by atoms with E-state index >= 15 is 0 Å². The molecule has 1 aromatic heterocycles. The summed E-state index contributed by atoms with van der Waals surface area (Å²) in [6, 6.07) is 0. The molecule has 0 saturated carbocycles. The first-order valence-electron chi connectivity index (χ1n) is 5.03. The number of nitrogens with zero attached hydrogens (tertiary/aromatic N) is 3. The van der Waals surface area contributed by atoms with E-state index in [0.29, 0.717) is 15.8 Å². The van der Waals surface area contributed by atoms with Gasteiger partial charge in [-0.3, -0.25) is 0 Å². The summed E-state index contributed by atoms with van der Waals surface area (Å²) in [5.74, 6) is 1.41. The lowest BCUT2D eigenvalue weighted by Gasteiger charge is -2.34. The minimum atomic E-state index is 0.585. The van der Waals surface area contributed by atoms with Gasteiger partial charge in [-0.05, 0) is 12.3 Å². The van der Waals surface area contributed by atoms with Gasteiger partial charge in [-0.15, -0.1) is 0 Å². The molecule has 1 aliphatic rings. The van der Waals surface area contributed by atoms with Crippen LogP contribution in [-0.2, 0) is 0 Å². The standard InChI is InChI=1S/C10H13BrClN3/c1-7-6-15(3-2-9(7)11)10-13-4-8(12)5-14-10/h4-5,7,9H,2-3,6H2,1H3. The van der Waals surface area contributed by atoms with Crippen molar-refractivity contribution in [2.24, 2.45) is 5.92 Å². The maximum absolute atomic E-state index is 5.75. The number of halogens is 2. The van der Waals surface area contributed by atoms with Crippen LogP contribution >= 0.6 is 27.5 Å². The van der Waals surface area contributed by atoms with E-state index in [2.05, 4.69) is 37.7 Å². The van der Waals surface area contributed by atoms with Crippen molar-refractivity contribution < 1.29 is 0 Å². The lowest BCUT2D eigenvalue weighted by Crippen LogP contribution is -2.40. The monoisotopic (exact) mass is 289 g/mol. The van der Waals surface area contributed by atoms with Crippen molar-refractivity contribution in [3.63, 3.8) is 0 Å². The molecule has 2 rings (SSSR count). The van der Waals surface area contributed by atoms with Crippen molar-refractivity contribution >= 4 is 33.5 Å². The summed E-state index contributed by atoms with van der Waals surface area (Å²) in [5.41, 5.74) is 0. The first-order valence-corrected chi connectivity index (χ1v) is 6.33. The van der Waals surface area contributed by atoms with Crippen molar-refractivity contribution in [1.82, 2.24) is 9.97 Å². The quantitative estimate of drug-likeness (QED) is 0.745. The Hall–Kier alpha value is -0.350. The van der Waals surface area contributed by atoms with Crippen molar-refractivity contribution in [1.29, 1.82) is 0 Å². The van der Waals surface area contributed by atoms with E-state index in [1.54, 1.807) is 12.4 Å². The number of hydrogen-bond donors (Lipinski definition) is 0. The Kier molecular flexibility index (Phi) is 3.46. The van der Waals surface area contributed by atoms with Gasteiger partial charge in [0, 0.05) is 17.9 Å². The van der Waals surface area contributed by atoms with Crippen LogP contribution in [0.1, 0.15) is 13.3 Å². The molecule has 2 atom stereocenters. The molecule has 5 heteroatoms. The van der Waals surface area contributed by atoms with E-state index in [1.165, 1.54) is 0 Å². The SMILES string of the molecule is CC1CN(c2ncc(Cl)cn2)CCC1Br. The molecule has 0 radical (unpaired) electrons. The average molecular weight is 291 g/mol. The van der Waals surface area contributed by atoms with E-state index in [4.69, 9.17) is 11.6 Å². The molecular formula is C10H13BrClN3. The van der Waals surface area contributed by atoms with Gasteiger partial charge in [0.25, 0.3) is 0 Å². The predicted octanol–water partition coefficient (Wildman–Crippen LogP) is 2.74. The zero-order chi connectivity index (χ0) is 10.8. The maximum atomic E-state index is 5.75. The molecule has 1 aliphatic heterocycles. The van der Waals surface area contributed by atoms with Crippen LogP contribution in [0, 0.1) is 5.92 Å². The molecule has 15 heavy (non-hydrogen) atoms. The van der Waals surface area contributed by atoms with Gasteiger partial charge in [-0.25, -0.2) is 9.97 Å². The molecule has 82 valence electrons. The molecular weight excluding hydrogens is 277 g/mol. The van der Waals surface area contributed by atoms with E-state index in [0.717, 1.165) is 25.5 Å². The van der Waals surface area contributed by atoms with E-state index in [-0.39, 0.29) is 0 Å². The highest BCUT2D eigenvalue weighted by Gasteiger charge is 2.25. The fraction of sp³-hybridized carbons (Fsp3) is 0.600. The Morgan fingerprint density at radius 3 is 2.73 bits per heavy atom. The summed E-state index contributed by atoms with van der Waals surface area (Å²) < 4.78 is 0. The summed E-state index contributed by atoms with van der Waals surface area (Å²) in [7, 11) is 0. The van der Waals surface area contributed by atoms with Crippen LogP contribution in [-0.4, -0.2) is 27.9 Å². The molecule has 2 unspecified atom stereocenters. The Morgan fingerprint density at radius 2 is 2.13 bits per heavy atom. The third-order valence-electron chi connectivity index (χ3n) is 2.69. The molecule has 1 fully saturated rings. The largest absolute Gasteiger partial charge is 0.340 e. The minimum Gasteiger partial charge on any atom is -0.340 e. The Balaban J connectivity index is 2.08. The number of rotatable bonds is 1. The highest BCUT2D eigenvalue weighted by atomic mass is 79.9. The predicted molar refractivity (Wildman–Crippen MR) is 65.8 cm³/mol. The van der Waals surface area contributed by atoms with Crippen molar-refractivity contribution in [3.05, 3.63) is 17.4 Å². The molecule has 1 aromatic rings. The third kappa shape index (κ3) is 2.61. The van der Waals surface area contributed by atoms with Crippen molar-refractivity contribution in [2.45, 2.75) is 18.2 Å². The molecule has 0 aromatic carbocycles. The van der Waals surface area contributed by atoms with Crippen LogP contribution in [0.3, 0.4) is 0 Å². The van der Waals surface area contributed by atoms with Gasteiger partial charge in [0.2, 0.25) is 5.95 Å². The van der Waals surface area contributed by atoms with Gasteiger partial charge < -0.3 is 4.90 Å². The summed E-state index contributed by atoms with van der Waals surface area (Å²) in [5, 5.41) is 0.585. The lowest BCUT2D eigenvalue weighted by atomic mass is 10.0. The van der Waals surface area contributed by atoms with Crippen LogP contribution in [0.5, 0.6) is 0 Å². The smallest absolute Gasteiger partial charge is 0.225 e. The molecule has 0 amide bonds. The fourth-order valence-electron chi connectivity index (χ4n) is 1.77. The molecule has 0 N–H and O–H groups in total. The van der Waals surface area contributed by atoms with Crippen LogP contribution in [0.2, 0.25) is 5.02 Å². The number of aromatic nitrogens is 2. The summed E-state index contributed by atoms with van der Waals surface area (Å²) >= 11 is 9.43. The second-order valence-electron chi connectivity index (χ2n) is 3.93. The van der Waals surface area contributed by atoms with Gasteiger partial charge in [-0.2, -0.15) is 0 Å². The van der Waals surface area contributed by atoms with Gasteiger partial charge in [0.05, 0.1) is 17.4 Å². The molecule has 0 bridgehead atoms. The van der Waals surface area contributed by atoms with Crippen LogP contribution < -0.4 is 4.90 Å². The van der Waals surface area contributed by atoms with Gasteiger partial charge in [0.1, 0.15) is 0 Å². The normalized spacial score (nSPS) is 26.7. The van der Waals surface area contributed by atoms with E-state index < -0.39 is 0 Å². The van der Waals surface area contributed by atoms with Gasteiger partial charge in [-0.1, -0.05) is 34.5 Å². The summed E-state index contributed by atoms with van der Waals surface area (Å²) in [4.78, 5) is 11.3. The lowest BCUT2D eigenvalue weighted by molar-refractivity contribution is 0.461. The number of anilines is 1. The number of alkyl halides is 1. The summed E-state index contributed by atoms with van der Waals surface area (Å²) in [6.07, 6.45) is 4.43. The van der Waals surface area contributed by atoms with E-state index in [9.17, 15) is 0 Å². The van der Waals surface area contributed by atoms with Crippen molar-refractivity contribution in [3.8, 4) is 0 Å². The maximum Gasteiger partial charge on any atom is 0.225 e. The first kappa shape index (κ1) is 11.1. The second kappa shape index (κ2) is 4.66. The number of hydrogen-bond acceptors (Lipinski definition) is 3. The second-order valence-corrected chi connectivity index (χ2v) is 5.54. The molecule has 3 nitrogen and oxygen atoms in total. The van der Waals surface area contributed by atoms with Crippen molar-refractivity contribution in [2.75, 3.05) is 18.0 Å². The highest BCUT2D eigenvalue weighted by Crippen LogP contribution is 2.25.